The number of aliphatic carboxylic acids is 1. The number of nitrogens with one attached hydrogen (secondary N) is 1. The zero-order valence-corrected chi connectivity index (χ0v) is 8.82. The smallest absolute Gasteiger partial charge is 0.330 e. The van der Waals surface area contributed by atoms with Gasteiger partial charge in [-0.05, 0) is 6.92 Å². The molecular formula is C9H17N3O3. The molecule has 0 aliphatic carbocycles. The largest absolute Gasteiger partial charge is 0.478 e. The second kappa shape index (κ2) is 6.83. The summed E-state index contributed by atoms with van der Waals surface area (Å²) < 4.78 is 0. The maximum Gasteiger partial charge on any atom is 0.330 e. The molecule has 1 aliphatic heterocycles. The molecule has 0 atom stereocenters. The predicted molar refractivity (Wildman–Crippen MR) is 56.5 cm³/mol. The maximum absolute atomic E-state index is 10.5. The van der Waals surface area contributed by atoms with E-state index in [2.05, 4.69) is 11.9 Å². The van der Waals surface area contributed by atoms with E-state index in [-0.39, 0.29) is 11.6 Å². The van der Waals surface area contributed by atoms with Crippen LogP contribution in [0.3, 0.4) is 0 Å². The van der Waals surface area contributed by atoms with Gasteiger partial charge < -0.3 is 21.1 Å². The third-order valence-electron chi connectivity index (χ3n) is 1.79. The van der Waals surface area contributed by atoms with Gasteiger partial charge in [0.25, 0.3) is 0 Å². The first-order valence-electron chi connectivity index (χ1n) is 4.59. The van der Waals surface area contributed by atoms with Crippen molar-refractivity contribution in [1.29, 1.82) is 0 Å². The first kappa shape index (κ1) is 13.4. The van der Waals surface area contributed by atoms with Crippen LogP contribution in [0.4, 0.5) is 4.79 Å². The van der Waals surface area contributed by atoms with Crippen LogP contribution in [0.1, 0.15) is 6.92 Å². The van der Waals surface area contributed by atoms with E-state index in [1.54, 1.807) is 4.90 Å². The molecule has 15 heavy (non-hydrogen) atoms. The van der Waals surface area contributed by atoms with Gasteiger partial charge in [0.05, 0.1) is 0 Å². The molecule has 1 saturated heterocycles. The Morgan fingerprint density at radius 3 is 2.00 bits per heavy atom. The summed E-state index contributed by atoms with van der Waals surface area (Å²) in [4.78, 5) is 21.7. The van der Waals surface area contributed by atoms with Crippen LogP contribution in [0, 0.1) is 0 Å². The first-order chi connectivity index (χ1) is 6.95. The van der Waals surface area contributed by atoms with Gasteiger partial charge in [0.1, 0.15) is 0 Å². The molecule has 1 heterocycles. The Morgan fingerprint density at radius 2 is 1.80 bits per heavy atom. The summed E-state index contributed by atoms with van der Waals surface area (Å²) in [5, 5.41) is 11.0. The van der Waals surface area contributed by atoms with Crippen LogP contribution >= 0.6 is 0 Å². The summed E-state index contributed by atoms with van der Waals surface area (Å²) >= 11 is 0. The number of carbonyl (C=O) groups excluding carboxylic acids is 1. The summed E-state index contributed by atoms with van der Waals surface area (Å²) in [6, 6.07) is -0.309. The first-order valence-corrected chi connectivity index (χ1v) is 4.59. The number of urea groups is 1. The highest BCUT2D eigenvalue weighted by Gasteiger charge is 2.11. The van der Waals surface area contributed by atoms with Crippen LogP contribution in [-0.4, -0.2) is 48.2 Å². The van der Waals surface area contributed by atoms with E-state index < -0.39 is 5.97 Å². The number of primary amides is 1. The Hall–Kier alpha value is -1.56. The fourth-order valence-electron chi connectivity index (χ4n) is 0.885. The van der Waals surface area contributed by atoms with Crippen LogP contribution in [-0.2, 0) is 4.79 Å². The second-order valence-electron chi connectivity index (χ2n) is 3.16. The second-order valence-corrected chi connectivity index (χ2v) is 3.16. The number of amides is 2. The zero-order valence-electron chi connectivity index (χ0n) is 8.82. The fourth-order valence-corrected chi connectivity index (χ4v) is 0.885. The third kappa shape index (κ3) is 6.50. The number of nitrogens with two attached hydrogens (primary N) is 1. The van der Waals surface area contributed by atoms with Crippen LogP contribution in [0.15, 0.2) is 12.2 Å². The molecule has 0 saturated carbocycles. The predicted octanol–water partition coefficient (Wildman–Crippen LogP) is -0.383. The minimum absolute atomic E-state index is 0.176. The quantitative estimate of drug-likeness (QED) is 0.519. The normalized spacial score (nSPS) is 14.9. The van der Waals surface area contributed by atoms with Crippen LogP contribution in [0.25, 0.3) is 0 Å². The lowest BCUT2D eigenvalue weighted by Crippen LogP contribution is -2.48. The van der Waals surface area contributed by atoms with Crippen LogP contribution in [0.2, 0.25) is 0 Å². The van der Waals surface area contributed by atoms with E-state index in [0.29, 0.717) is 0 Å². The van der Waals surface area contributed by atoms with Gasteiger partial charge in [0.2, 0.25) is 0 Å². The van der Waals surface area contributed by atoms with E-state index in [0.717, 1.165) is 26.2 Å². The van der Waals surface area contributed by atoms with Crippen molar-refractivity contribution >= 4 is 12.0 Å². The minimum atomic E-state index is -0.935. The molecule has 0 spiro atoms. The number of rotatable bonds is 1. The number of piperazine rings is 1. The van der Waals surface area contributed by atoms with E-state index in [4.69, 9.17) is 10.8 Å². The van der Waals surface area contributed by atoms with Gasteiger partial charge in [-0.3, -0.25) is 0 Å². The molecule has 1 aliphatic rings. The van der Waals surface area contributed by atoms with Gasteiger partial charge in [-0.15, -0.1) is 0 Å². The van der Waals surface area contributed by atoms with E-state index >= 15 is 0 Å². The molecule has 1 fully saturated rings. The number of carbonyl (C=O) groups is 2. The van der Waals surface area contributed by atoms with Crippen molar-refractivity contribution < 1.29 is 14.7 Å². The van der Waals surface area contributed by atoms with Gasteiger partial charge in [0.15, 0.2) is 0 Å². The minimum Gasteiger partial charge on any atom is -0.478 e. The Morgan fingerprint density at radius 1 is 1.40 bits per heavy atom. The lowest BCUT2D eigenvalue weighted by Gasteiger charge is -2.25. The van der Waals surface area contributed by atoms with Gasteiger partial charge in [-0.25, -0.2) is 9.59 Å². The molecule has 0 aromatic carbocycles. The lowest BCUT2D eigenvalue weighted by molar-refractivity contribution is -0.132. The van der Waals surface area contributed by atoms with Gasteiger partial charge in [0, 0.05) is 31.8 Å². The van der Waals surface area contributed by atoms with Crippen molar-refractivity contribution in [2.45, 2.75) is 6.92 Å². The van der Waals surface area contributed by atoms with Gasteiger partial charge >= 0.3 is 12.0 Å². The van der Waals surface area contributed by atoms with Crippen molar-refractivity contribution in [1.82, 2.24) is 10.2 Å². The van der Waals surface area contributed by atoms with Crippen molar-refractivity contribution in [2.24, 2.45) is 5.73 Å². The lowest BCUT2D eigenvalue weighted by atomic mass is 10.4. The van der Waals surface area contributed by atoms with E-state index in [1.807, 2.05) is 0 Å². The highest BCUT2D eigenvalue weighted by atomic mass is 16.4. The Labute approximate surface area is 88.7 Å². The molecule has 6 nitrogen and oxygen atoms in total. The van der Waals surface area contributed by atoms with E-state index in [1.165, 1.54) is 6.92 Å². The highest BCUT2D eigenvalue weighted by Crippen LogP contribution is 1.89. The van der Waals surface area contributed by atoms with Crippen LogP contribution < -0.4 is 11.1 Å². The van der Waals surface area contributed by atoms with Gasteiger partial charge in [-0.1, -0.05) is 6.58 Å². The summed E-state index contributed by atoms with van der Waals surface area (Å²) in [5.74, 6) is -0.935. The van der Waals surface area contributed by atoms with E-state index in [9.17, 15) is 9.59 Å². The average molecular weight is 215 g/mol. The topological polar surface area (TPSA) is 95.7 Å². The fraction of sp³-hybridized carbons (Fsp3) is 0.556. The van der Waals surface area contributed by atoms with Crippen LogP contribution in [0.5, 0.6) is 0 Å². The molecule has 86 valence electrons. The zero-order chi connectivity index (χ0) is 11.8. The molecule has 2 amide bonds. The average Bonchev–Trinajstić information content (AvgIpc) is 2.20. The Kier molecular flexibility index (Phi) is 6.12. The molecule has 0 radical (unpaired) electrons. The Bertz CT molecular complexity index is 235. The summed E-state index contributed by atoms with van der Waals surface area (Å²) in [5.41, 5.74) is 5.20. The number of carboxylic acids is 1. The van der Waals surface area contributed by atoms with Crippen molar-refractivity contribution in [3.05, 3.63) is 12.2 Å². The molecule has 6 heteroatoms. The van der Waals surface area contributed by atoms with Crippen molar-refractivity contribution in [2.75, 3.05) is 26.2 Å². The molecule has 0 bridgehead atoms. The van der Waals surface area contributed by atoms with Crippen molar-refractivity contribution in [3.8, 4) is 0 Å². The summed E-state index contributed by atoms with van der Waals surface area (Å²) in [7, 11) is 0. The SMILES string of the molecule is C=C(C)C(=O)O.NC(=O)N1CCNCC1. The number of hydrogen-bond acceptors (Lipinski definition) is 3. The highest BCUT2D eigenvalue weighted by molar-refractivity contribution is 5.84. The molecule has 0 aromatic heterocycles. The summed E-state index contributed by atoms with van der Waals surface area (Å²) in [6.45, 7) is 7.82. The third-order valence-corrected chi connectivity index (χ3v) is 1.79. The Balaban J connectivity index is 0.000000288. The summed E-state index contributed by atoms with van der Waals surface area (Å²) in [6.07, 6.45) is 0. The molecule has 0 aromatic rings. The number of carboxylic acid groups (broad SMARTS) is 1. The molecule has 0 unspecified atom stereocenters. The number of hydrogen-bond donors (Lipinski definition) is 3. The molecule has 4 N–H and O–H groups in total. The van der Waals surface area contributed by atoms with Crippen molar-refractivity contribution in [3.63, 3.8) is 0 Å². The molecule has 1 rings (SSSR count). The van der Waals surface area contributed by atoms with Gasteiger partial charge in [-0.2, -0.15) is 0 Å². The standard InChI is InChI=1S/C5H11N3O.C4H6O2/c6-5(9)8-3-1-7-2-4-8;1-3(2)4(5)6/h7H,1-4H2,(H2,6,9);1H2,2H3,(H,5,6). The molecular weight excluding hydrogens is 198 g/mol. The monoisotopic (exact) mass is 215 g/mol. The maximum atomic E-state index is 10.5. The number of nitrogens with zero attached hydrogens (tertiary/aromatic N) is 1.